The highest BCUT2D eigenvalue weighted by molar-refractivity contribution is 7.85. The first-order valence-corrected chi connectivity index (χ1v) is 6.23. The fourth-order valence-electron chi connectivity index (χ4n) is 1.40. The van der Waals surface area contributed by atoms with Crippen LogP contribution in [0.4, 0.5) is 0 Å². The van der Waals surface area contributed by atoms with Crippen LogP contribution in [-0.4, -0.2) is 38.2 Å². The molecule has 0 atom stereocenters. The minimum atomic E-state index is -3.90. The monoisotopic (exact) mass is 242 g/mol. The number of rotatable bonds is 4. The number of fused-ring (bicyclic) bond motifs is 1. The van der Waals surface area contributed by atoms with E-state index in [1.165, 1.54) is 6.33 Å². The first kappa shape index (κ1) is 11.0. The van der Waals surface area contributed by atoms with Gasteiger partial charge in [-0.2, -0.15) is 8.42 Å². The Balaban J connectivity index is 2.10. The Bertz CT molecular complexity index is 592. The summed E-state index contributed by atoms with van der Waals surface area (Å²) in [6.45, 7) is 0.448. The van der Waals surface area contributed by atoms with E-state index in [0.29, 0.717) is 18.6 Å². The standard InChI is InChI=1S/C8H10N4O3S/c13-16(14,15)3-1-2-12-6-11-8-7(12)4-9-5-10-8/h4-6H,1-3H2,(H,13,14,15). The Morgan fingerprint density at radius 3 is 2.94 bits per heavy atom. The van der Waals surface area contributed by atoms with Crippen LogP contribution in [0.1, 0.15) is 6.42 Å². The lowest BCUT2D eigenvalue weighted by Crippen LogP contribution is -2.07. The highest BCUT2D eigenvalue weighted by atomic mass is 32.2. The molecule has 0 aromatic carbocycles. The van der Waals surface area contributed by atoms with E-state index < -0.39 is 10.1 Å². The molecule has 1 N–H and O–H groups in total. The lowest BCUT2D eigenvalue weighted by atomic mass is 10.4. The van der Waals surface area contributed by atoms with Crippen LogP contribution in [0, 0.1) is 0 Å². The number of nitrogens with zero attached hydrogens (tertiary/aromatic N) is 4. The fraction of sp³-hybridized carbons (Fsp3) is 0.375. The molecule has 2 rings (SSSR count). The van der Waals surface area contributed by atoms with Crippen molar-refractivity contribution in [3.8, 4) is 0 Å². The van der Waals surface area contributed by atoms with E-state index in [2.05, 4.69) is 15.0 Å². The molecular formula is C8H10N4O3S. The molecule has 0 fully saturated rings. The number of imidazole rings is 1. The Labute approximate surface area is 91.9 Å². The summed E-state index contributed by atoms with van der Waals surface area (Å²) in [5.41, 5.74) is 1.32. The van der Waals surface area contributed by atoms with Crippen molar-refractivity contribution in [1.82, 2.24) is 19.5 Å². The largest absolute Gasteiger partial charge is 0.328 e. The van der Waals surface area contributed by atoms with E-state index in [-0.39, 0.29) is 5.75 Å². The molecule has 0 bridgehead atoms. The topological polar surface area (TPSA) is 98.0 Å². The van der Waals surface area contributed by atoms with Gasteiger partial charge in [-0.05, 0) is 6.42 Å². The van der Waals surface area contributed by atoms with E-state index in [9.17, 15) is 8.42 Å². The summed E-state index contributed by atoms with van der Waals surface area (Å²) in [6, 6.07) is 0. The predicted octanol–water partition coefficient (Wildman–Crippen LogP) is 0.104. The van der Waals surface area contributed by atoms with Crippen LogP contribution in [0.5, 0.6) is 0 Å². The van der Waals surface area contributed by atoms with Gasteiger partial charge in [-0.15, -0.1) is 0 Å². The van der Waals surface area contributed by atoms with Gasteiger partial charge in [0.15, 0.2) is 5.65 Å². The lowest BCUT2D eigenvalue weighted by Gasteiger charge is -2.01. The summed E-state index contributed by atoms with van der Waals surface area (Å²) in [5.74, 6) is -0.264. The first-order valence-electron chi connectivity index (χ1n) is 4.62. The molecule has 0 aliphatic heterocycles. The summed E-state index contributed by atoms with van der Waals surface area (Å²) in [5, 5.41) is 0. The molecule has 0 unspecified atom stereocenters. The van der Waals surface area contributed by atoms with Crippen LogP contribution in [0.2, 0.25) is 0 Å². The van der Waals surface area contributed by atoms with Crippen LogP contribution >= 0.6 is 0 Å². The number of aryl methyl sites for hydroxylation is 1. The normalized spacial score (nSPS) is 12.1. The summed E-state index contributed by atoms with van der Waals surface area (Å²) >= 11 is 0. The van der Waals surface area contributed by atoms with E-state index in [1.807, 2.05) is 0 Å². The molecular weight excluding hydrogens is 232 g/mol. The van der Waals surface area contributed by atoms with Gasteiger partial charge in [0.25, 0.3) is 10.1 Å². The molecule has 0 saturated heterocycles. The maximum absolute atomic E-state index is 10.5. The lowest BCUT2D eigenvalue weighted by molar-refractivity contribution is 0.478. The molecule has 0 radical (unpaired) electrons. The molecule has 2 heterocycles. The first-order chi connectivity index (χ1) is 7.56. The fourth-order valence-corrected chi connectivity index (χ4v) is 1.89. The van der Waals surface area contributed by atoms with Crippen molar-refractivity contribution >= 4 is 21.3 Å². The molecule has 7 nitrogen and oxygen atoms in total. The number of aromatic nitrogens is 4. The van der Waals surface area contributed by atoms with E-state index >= 15 is 0 Å². The molecule has 0 aliphatic carbocycles. The van der Waals surface area contributed by atoms with Crippen molar-refractivity contribution < 1.29 is 13.0 Å². The van der Waals surface area contributed by atoms with E-state index in [4.69, 9.17) is 4.55 Å². The average molecular weight is 242 g/mol. The molecule has 8 heteroatoms. The molecule has 0 spiro atoms. The average Bonchev–Trinajstić information content (AvgIpc) is 2.60. The van der Waals surface area contributed by atoms with Crippen LogP contribution in [0.3, 0.4) is 0 Å². The Morgan fingerprint density at radius 1 is 1.38 bits per heavy atom. The summed E-state index contributed by atoms with van der Waals surface area (Å²) in [4.78, 5) is 11.8. The van der Waals surface area contributed by atoms with E-state index in [0.717, 1.165) is 5.52 Å². The van der Waals surface area contributed by atoms with Gasteiger partial charge in [0.2, 0.25) is 0 Å². The predicted molar refractivity (Wildman–Crippen MR) is 56.4 cm³/mol. The maximum atomic E-state index is 10.5. The number of hydrogen-bond donors (Lipinski definition) is 1. The van der Waals surface area contributed by atoms with E-state index in [1.54, 1.807) is 17.1 Å². The van der Waals surface area contributed by atoms with Gasteiger partial charge in [-0.25, -0.2) is 15.0 Å². The summed E-state index contributed by atoms with van der Waals surface area (Å²) in [6.07, 6.45) is 4.91. The highest BCUT2D eigenvalue weighted by Gasteiger charge is 2.06. The van der Waals surface area contributed by atoms with Crippen molar-refractivity contribution in [1.29, 1.82) is 0 Å². The Kier molecular flexibility index (Phi) is 2.84. The minimum Gasteiger partial charge on any atom is -0.328 e. The Morgan fingerprint density at radius 2 is 2.19 bits per heavy atom. The van der Waals surface area contributed by atoms with Gasteiger partial charge in [0.1, 0.15) is 11.8 Å². The smallest absolute Gasteiger partial charge is 0.264 e. The van der Waals surface area contributed by atoms with Crippen LogP contribution in [-0.2, 0) is 16.7 Å². The second-order valence-corrected chi connectivity index (χ2v) is 4.88. The van der Waals surface area contributed by atoms with Crippen LogP contribution in [0.25, 0.3) is 11.2 Å². The molecule has 16 heavy (non-hydrogen) atoms. The van der Waals surface area contributed by atoms with Crippen molar-refractivity contribution in [3.05, 3.63) is 18.9 Å². The maximum Gasteiger partial charge on any atom is 0.264 e. The molecule has 0 aliphatic rings. The van der Waals surface area contributed by atoms with Gasteiger partial charge in [0.05, 0.1) is 18.3 Å². The zero-order valence-corrected chi connectivity index (χ0v) is 9.13. The number of hydrogen-bond acceptors (Lipinski definition) is 5. The van der Waals surface area contributed by atoms with Gasteiger partial charge < -0.3 is 4.57 Å². The SMILES string of the molecule is O=S(=O)(O)CCCn1cnc2ncncc21. The molecule has 0 amide bonds. The van der Waals surface area contributed by atoms with Gasteiger partial charge >= 0.3 is 0 Å². The van der Waals surface area contributed by atoms with Crippen LogP contribution < -0.4 is 0 Å². The van der Waals surface area contributed by atoms with Crippen molar-refractivity contribution in [3.63, 3.8) is 0 Å². The van der Waals surface area contributed by atoms with Crippen molar-refractivity contribution in [2.24, 2.45) is 0 Å². The zero-order chi connectivity index (χ0) is 11.6. The third-order valence-corrected chi connectivity index (χ3v) is 2.91. The van der Waals surface area contributed by atoms with Gasteiger partial charge in [-0.3, -0.25) is 4.55 Å². The Hall–Kier alpha value is -1.54. The second kappa shape index (κ2) is 4.14. The quantitative estimate of drug-likeness (QED) is 0.764. The van der Waals surface area contributed by atoms with Gasteiger partial charge in [-0.1, -0.05) is 0 Å². The van der Waals surface area contributed by atoms with Crippen LogP contribution in [0.15, 0.2) is 18.9 Å². The molecule has 2 aromatic rings. The highest BCUT2D eigenvalue weighted by Crippen LogP contribution is 2.08. The third-order valence-electron chi connectivity index (χ3n) is 2.10. The zero-order valence-electron chi connectivity index (χ0n) is 8.31. The van der Waals surface area contributed by atoms with Crippen molar-refractivity contribution in [2.45, 2.75) is 13.0 Å². The second-order valence-electron chi connectivity index (χ2n) is 3.31. The summed E-state index contributed by atoms with van der Waals surface area (Å²) in [7, 11) is -3.90. The summed E-state index contributed by atoms with van der Waals surface area (Å²) < 4.78 is 31.4. The van der Waals surface area contributed by atoms with Gasteiger partial charge in [0, 0.05) is 6.54 Å². The molecule has 86 valence electrons. The minimum absolute atomic E-state index is 0.264. The third kappa shape index (κ3) is 2.52. The van der Waals surface area contributed by atoms with Crippen molar-refractivity contribution in [2.75, 3.05) is 5.75 Å². The molecule has 0 saturated carbocycles. The molecule has 2 aromatic heterocycles.